The van der Waals surface area contributed by atoms with Crippen molar-refractivity contribution in [3.05, 3.63) is 83.3 Å². The van der Waals surface area contributed by atoms with E-state index < -0.39 is 5.97 Å². The summed E-state index contributed by atoms with van der Waals surface area (Å²) in [6.45, 7) is 2.35. The number of fused-ring (bicyclic) bond motifs is 1. The molecule has 140 valence electrons. The van der Waals surface area contributed by atoms with Crippen molar-refractivity contribution in [1.82, 2.24) is 14.6 Å². The number of carbonyl (C=O) groups is 1. The summed E-state index contributed by atoms with van der Waals surface area (Å²) >= 11 is 0. The standard InChI is InChI=1S/C21H17FN4O2/c1-13-11-24-26-19(23-12-14-6-8-15(9-7-14)21(27)28)10-18(25-20(13)26)16-4-2-3-5-17(16)22/h2-11,23H,12H2,1H3,(H,27,28). The average molecular weight is 376 g/mol. The SMILES string of the molecule is Cc1cnn2c(NCc3ccc(C(=O)O)cc3)cc(-c3ccccc3F)nc12. The number of hydrogen-bond donors (Lipinski definition) is 2. The molecule has 4 rings (SSSR count). The molecule has 28 heavy (non-hydrogen) atoms. The van der Waals surface area contributed by atoms with Gasteiger partial charge in [0.1, 0.15) is 11.6 Å². The Morgan fingerprint density at radius 2 is 1.93 bits per heavy atom. The van der Waals surface area contributed by atoms with Crippen LogP contribution in [-0.4, -0.2) is 25.7 Å². The van der Waals surface area contributed by atoms with Crippen LogP contribution >= 0.6 is 0 Å². The number of aryl methyl sites for hydroxylation is 1. The second kappa shape index (κ2) is 7.11. The molecule has 2 aromatic carbocycles. The molecule has 2 aromatic heterocycles. The Morgan fingerprint density at radius 3 is 2.64 bits per heavy atom. The van der Waals surface area contributed by atoms with E-state index in [1.165, 1.54) is 6.07 Å². The minimum absolute atomic E-state index is 0.236. The van der Waals surface area contributed by atoms with Gasteiger partial charge in [-0.2, -0.15) is 9.61 Å². The van der Waals surface area contributed by atoms with Crippen molar-refractivity contribution in [3.63, 3.8) is 0 Å². The van der Waals surface area contributed by atoms with E-state index in [-0.39, 0.29) is 11.4 Å². The summed E-state index contributed by atoms with van der Waals surface area (Å²) in [5, 5.41) is 16.6. The molecule has 0 aliphatic carbocycles. The van der Waals surface area contributed by atoms with E-state index in [1.807, 2.05) is 6.92 Å². The average Bonchev–Trinajstić information content (AvgIpc) is 3.08. The highest BCUT2D eigenvalue weighted by Gasteiger charge is 2.13. The molecule has 0 amide bonds. The fraction of sp³-hybridized carbons (Fsp3) is 0.0952. The number of carboxylic acids is 1. The van der Waals surface area contributed by atoms with Crippen molar-refractivity contribution in [3.8, 4) is 11.3 Å². The molecule has 0 aliphatic heterocycles. The molecule has 0 unspecified atom stereocenters. The van der Waals surface area contributed by atoms with Gasteiger partial charge in [-0.15, -0.1) is 0 Å². The van der Waals surface area contributed by atoms with Crippen LogP contribution in [0.3, 0.4) is 0 Å². The largest absolute Gasteiger partial charge is 0.478 e. The lowest BCUT2D eigenvalue weighted by Crippen LogP contribution is -2.07. The van der Waals surface area contributed by atoms with Crippen molar-refractivity contribution in [1.29, 1.82) is 0 Å². The Morgan fingerprint density at radius 1 is 1.18 bits per heavy atom. The molecule has 7 heteroatoms. The first-order valence-corrected chi connectivity index (χ1v) is 8.69. The molecule has 0 atom stereocenters. The Bertz CT molecular complexity index is 1170. The Hall–Kier alpha value is -3.74. The van der Waals surface area contributed by atoms with Crippen LogP contribution in [0.5, 0.6) is 0 Å². The lowest BCUT2D eigenvalue weighted by Gasteiger charge is -2.12. The van der Waals surface area contributed by atoms with E-state index in [0.717, 1.165) is 11.1 Å². The van der Waals surface area contributed by atoms with Gasteiger partial charge >= 0.3 is 5.97 Å². The van der Waals surface area contributed by atoms with Crippen molar-refractivity contribution < 1.29 is 14.3 Å². The number of anilines is 1. The summed E-state index contributed by atoms with van der Waals surface area (Å²) in [5.41, 5.74) is 3.60. The highest BCUT2D eigenvalue weighted by molar-refractivity contribution is 5.87. The number of hydrogen-bond acceptors (Lipinski definition) is 4. The van der Waals surface area contributed by atoms with Crippen LogP contribution in [0.25, 0.3) is 16.9 Å². The van der Waals surface area contributed by atoms with Crippen LogP contribution in [0.4, 0.5) is 10.2 Å². The van der Waals surface area contributed by atoms with Crippen molar-refractivity contribution in [2.24, 2.45) is 0 Å². The van der Waals surface area contributed by atoms with E-state index in [9.17, 15) is 9.18 Å². The number of aromatic carboxylic acids is 1. The van der Waals surface area contributed by atoms with Crippen molar-refractivity contribution in [2.75, 3.05) is 5.32 Å². The fourth-order valence-electron chi connectivity index (χ4n) is 2.96. The lowest BCUT2D eigenvalue weighted by atomic mass is 10.1. The first kappa shape index (κ1) is 17.7. The van der Waals surface area contributed by atoms with Gasteiger partial charge in [0.05, 0.1) is 17.5 Å². The zero-order valence-corrected chi connectivity index (χ0v) is 15.1. The highest BCUT2D eigenvalue weighted by atomic mass is 19.1. The van der Waals surface area contributed by atoms with Crippen LogP contribution in [0.2, 0.25) is 0 Å². The van der Waals surface area contributed by atoms with E-state index in [2.05, 4.69) is 15.4 Å². The quantitative estimate of drug-likeness (QED) is 0.547. The van der Waals surface area contributed by atoms with Gasteiger partial charge in [-0.1, -0.05) is 24.3 Å². The van der Waals surface area contributed by atoms with Gasteiger partial charge in [-0.25, -0.2) is 14.2 Å². The molecule has 2 heterocycles. The molecule has 0 aliphatic rings. The normalized spacial score (nSPS) is 10.9. The maximum atomic E-state index is 14.3. The molecule has 0 saturated heterocycles. The van der Waals surface area contributed by atoms with Gasteiger partial charge < -0.3 is 10.4 Å². The predicted molar refractivity (Wildman–Crippen MR) is 104 cm³/mol. The zero-order valence-electron chi connectivity index (χ0n) is 15.1. The minimum atomic E-state index is -0.961. The monoisotopic (exact) mass is 376 g/mol. The summed E-state index contributed by atoms with van der Waals surface area (Å²) in [5.74, 6) is -0.637. The summed E-state index contributed by atoms with van der Waals surface area (Å²) in [4.78, 5) is 15.5. The first-order chi connectivity index (χ1) is 13.5. The molecule has 0 spiro atoms. The van der Waals surface area contributed by atoms with Gasteiger partial charge in [0.2, 0.25) is 0 Å². The molecule has 0 saturated carbocycles. The minimum Gasteiger partial charge on any atom is -0.478 e. The van der Waals surface area contributed by atoms with Gasteiger partial charge in [0.25, 0.3) is 0 Å². The molecule has 6 nitrogen and oxygen atoms in total. The summed E-state index contributed by atoms with van der Waals surface area (Å²) < 4.78 is 15.9. The molecule has 4 aromatic rings. The van der Waals surface area contributed by atoms with E-state index in [1.54, 1.807) is 59.2 Å². The third kappa shape index (κ3) is 3.29. The Balaban J connectivity index is 1.69. The molecule has 0 fully saturated rings. The maximum absolute atomic E-state index is 14.3. The topological polar surface area (TPSA) is 79.5 Å². The highest BCUT2D eigenvalue weighted by Crippen LogP contribution is 2.26. The second-order valence-corrected chi connectivity index (χ2v) is 6.43. The lowest BCUT2D eigenvalue weighted by molar-refractivity contribution is 0.0697. The fourth-order valence-corrected chi connectivity index (χ4v) is 2.96. The number of nitrogens with zero attached hydrogens (tertiary/aromatic N) is 3. The van der Waals surface area contributed by atoms with Crippen LogP contribution in [-0.2, 0) is 6.54 Å². The number of nitrogens with one attached hydrogen (secondary N) is 1. The smallest absolute Gasteiger partial charge is 0.335 e. The second-order valence-electron chi connectivity index (χ2n) is 6.43. The van der Waals surface area contributed by atoms with Gasteiger partial charge in [-0.3, -0.25) is 0 Å². The third-order valence-corrected chi connectivity index (χ3v) is 4.47. The Kier molecular flexibility index (Phi) is 4.49. The first-order valence-electron chi connectivity index (χ1n) is 8.69. The summed E-state index contributed by atoms with van der Waals surface area (Å²) in [6.07, 6.45) is 1.71. The molecular formula is C21H17FN4O2. The van der Waals surface area contributed by atoms with Gasteiger partial charge in [0, 0.05) is 23.7 Å². The number of carboxylic acid groups (broad SMARTS) is 1. The van der Waals surface area contributed by atoms with Gasteiger partial charge in [-0.05, 0) is 36.8 Å². The van der Waals surface area contributed by atoms with Crippen LogP contribution in [0.1, 0.15) is 21.5 Å². The third-order valence-electron chi connectivity index (χ3n) is 4.47. The number of benzene rings is 2. The van der Waals surface area contributed by atoms with Crippen molar-refractivity contribution in [2.45, 2.75) is 13.5 Å². The van der Waals surface area contributed by atoms with Gasteiger partial charge in [0.15, 0.2) is 5.65 Å². The van der Waals surface area contributed by atoms with Crippen LogP contribution in [0.15, 0.2) is 60.8 Å². The van der Waals surface area contributed by atoms with Crippen molar-refractivity contribution >= 4 is 17.4 Å². The Labute approximate surface area is 160 Å². The van der Waals surface area contributed by atoms with Crippen LogP contribution in [0, 0.1) is 12.7 Å². The van der Waals surface area contributed by atoms with E-state index in [0.29, 0.717) is 29.3 Å². The molecule has 0 bridgehead atoms. The van der Waals surface area contributed by atoms with E-state index >= 15 is 0 Å². The summed E-state index contributed by atoms with van der Waals surface area (Å²) in [6, 6.07) is 14.9. The molecule has 2 N–H and O–H groups in total. The number of rotatable bonds is 5. The molecule has 0 radical (unpaired) electrons. The summed E-state index contributed by atoms with van der Waals surface area (Å²) in [7, 11) is 0. The zero-order chi connectivity index (χ0) is 19.7. The predicted octanol–water partition coefficient (Wildman–Crippen LogP) is 4.15. The number of halogens is 1. The van der Waals surface area contributed by atoms with Crippen LogP contribution < -0.4 is 5.32 Å². The molecular weight excluding hydrogens is 359 g/mol. The number of aromatic nitrogens is 3. The maximum Gasteiger partial charge on any atom is 0.335 e. The van der Waals surface area contributed by atoms with E-state index in [4.69, 9.17) is 5.11 Å².